The third kappa shape index (κ3) is 3.19. The quantitative estimate of drug-likeness (QED) is 0.841. The van der Waals surface area contributed by atoms with Gasteiger partial charge in [0.25, 0.3) is 5.56 Å². The minimum absolute atomic E-state index is 0.0302. The highest BCUT2D eigenvalue weighted by Gasteiger charge is 2.12. The summed E-state index contributed by atoms with van der Waals surface area (Å²) in [7, 11) is 0. The number of aromatic nitrogens is 2. The number of hydrogen-bond donors (Lipinski definition) is 2. The van der Waals surface area contributed by atoms with Gasteiger partial charge in [-0.05, 0) is 29.3 Å². The average Bonchev–Trinajstić information content (AvgIpc) is 2.90. The maximum Gasteiger partial charge on any atom is 0.330 e. The Kier molecular flexibility index (Phi) is 4.31. The average molecular weight is 282 g/mol. The van der Waals surface area contributed by atoms with Crippen LogP contribution >= 0.6 is 11.3 Å². The van der Waals surface area contributed by atoms with Crippen molar-refractivity contribution in [2.75, 3.05) is 6.61 Å². The highest BCUT2D eigenvalue weighted by atomic mass is 32.1. The maximum atomic E-state index is 11.5. The Hall–Kier alpha value is -1.70. The van der Waals surface area contributed by atoms with Gasteiger partial charge in [-0.1, -0.05) is 0 Å². The van der Waals surface area contributed by atoms with Crippen molar-refractivity contribution in [2.45, 2.75) is 19.8 Å². The summed E-state index contributed by atoms with van der Waals surface area (Å²) in [6, 6.07) is 1.85. The van der Waals surface area contributed by atoms with Crippen molar-refractivity contribution in [1.82, 2.24) is 9.55 Å². The summed E-state index contributed by atoms with van der Waals surface area (Å²) in [6.45, 7) is 1.41. The lowest BCUT2D eigenvalue weighted by molar-refractivity contribution is -0.0270. The van der Waals surface area contributed by atoms with Crippen molar-refractivity contribution in [3.8, 4) is 0 Å². The number of hydrogen-bond acceptors (Lipinski definition) is 5. The molecule has 2 rings (SSSR count). The van der Waals surface area contributed by atoms with E-state index in [0.29, 0.717) is 5.56 Å². The first-order chi connectivity index (χ1) is 9.11. The molecule has 2 heterocycles. The molecule has 0 radical (unpaired) electrons. The van der Waals surface area contributed by atoms with Crippen molar-refractivity contribution in [3.63, 3.8) is 0 Å². The number of thiophene rings is 1. The van der Waals surface area contributed by atoms with Crippen LogP contribution < -0.4 is 11.2 Å². The van der Waals surface area contributed by atoms with Crippen LogP contribution in [0.4, 0.5) is 0 Å². The van der Waals surface area contributed by atoms with Crippen LogP contribution in [0.15, 0.2) is 32.6 Å². The van der Waals surface area contributed by atoms with E-state index >= 15 is 0 Å². The summed E-state index contributed by atoms with van der Waals surface area (Å²) in [5.74, 6) is 0. The van der Waals surface area contributed by atoms with E-state index in [2.05, 4.69) is 4.98 Å². The predicted octanol–water partition coefficient (Wildman–Crippen LogP) is 0.614. The molecule has 0 spiro atoms. The second kappa shape index (κ2) is 5.96. The van der Waals surface area contributed by atoms with Gasteiger partial charge in [-0.3, -0.25) is 14.3 Å². The molecule has 6 nitrogen and oxygen atoms in total. The van der Waals surface area contributed by atoms with Crippen LogP contribution in [0, 0.1) is 6.92 Å². The Labute approximate surface area is 112 Å². The molecule has 0 saturated carbocycles. The Balaban J connectivity index is 2.12. The molecule has 0 aliphatic heterocycles. The predicted molar refractivity (Wildman–Crippen MR) is 71.3 cm³/mol. The molecule has 0 amide bonds. The van der Waals surface area contributed by atoms with Gasteiger partial charge in [-0.2, -0.15) is 11.3 Å². The zero-order chi connectivity index (χ0) is 13.8. The SMILES string of the molecule is Cc1cn(COC(CO)c2ccsc2)c(=O)[nH]c1=O. The number of aromatic amines is 1. The number of nitrogens with one attached hydrogen (secondary N) is 1. The minimum Gasteiger partial charge on any atom is -0.393 e. The summed E-state index contributed by atoms with van der Waals surface area (Å²) < 4.78 is 6.75. The normalized spacial score (nSPS) is 12.5. The van der Waals surface area contributed by atoms with Crippen LogP contribution in [0.2, 0.25) is 0 Å². The third-order valence-electron chi connectivity index (χ3n) is 2.68. The maximum absolute atomic E-state index is 11.5. The standard InChI is InChI=1S/C12H14N2O4S/c1-8-4-14(12(17)13-11(8)16)7-18-10(5-15)9-2-3-19-6-9/h2-4,6,10,15H,5,7H2,1H3,(H,13,16,17). The van der Waals surface area contributed by atoms with Crippen LogP contribution in [0.5, 0.6) is 0 Å². The highest BCUT2D eigenvalue weighted by Crippen LogP contribution is 2.19. The van der Waals surface area contributed by atoms with E-state index in [4.69, 9.17) is 4.74 Å². The lowest BCUT2D eigenvalue weighted by Gasteiger charge is -2.15. The number of aliphatic hydroxyl groups excluding tert-OH is 1. The Morgan fingerprint density at radius 2 is 2.32 bits per heavy atom. The molecule has 0 bridgehead atoms. The van der Waals surface area contributed by atoms with Crippen LogP contribution in [-0.4, -0.2) is 21.3 Å². The molecule has 2 N–H and O–H groups in total. The lowest BCUT2D eigenvalue weighted by atomic mass is 10.2. The van der Waals surface area contributed by atoms with Crippen molar-refractivity contribution >= 4 is 11.3 Å². The van der Waals surface area contributed by atoms with Gasteiger partial charge in [-0.25, -0.2) is 4.79 Å². The van der Waals surface area contributed by atoms with E-state index in [9.17, 15) is 14.7 Å². The van der Waals surface area contributed by atoms with Crippen molar-refractivity contribution in [3.05, 3.63) is 55.0 Å². The molecule has 0 fully saturated rings. The summed E-state index contributed by atoms with van der Waals surface area (Å²) in [6.07, 6.45) is 0.953. The van der Waals surface area contributed by atoms with Crippen LogP contribution in [0.3, 0.4) is 0 Å². The molecule has 2 aromatic heterocycles. The summed E-state index contributed by atoms with van der Waals surface area (Å²) in [5, 5.41) is 13.0. The van der Waals surface area contributed by atoms with Crippen LogP contribution in [0.25, 0.3) is 0 Å². The molecule has 1 unspecified atom stereocenters. The first kappa shape index (κ1) is 13.7. The zero-order valence-electron chi connectivity index (χ0n) is 10.3. The van der Waals surface area contributed by atoms with E-state index < -0.39 is 17.4 Å². The molecule has 19 heavy (non-hydrogen) atoms. The molecular formula is C12H14N2O4S. The fraction of sp³-hybridized carbons (Fsp3) is 0.333. The molecule has 0 saturated heterocycles. The van der Waals surface area contributed by atoms with Gasteiger partial charge in [0.2, 0.25) is 0 Å². The lowest BCUT2D eigenvalue weighted by Crippen LogP contribution is -2.31. The van der Waals surface area contributed by atoms with Gasteiger partial charge in [0.05, 0.1) is 6.61 Å². The van der Waals surface area contributed by atoms with E-state index in [0.717, 1.165) is 5.56 Å². The summed E-state index contributed by atoms with van der Waals surface area (Å²) in [4.78, 5) is 25.0. The fourth-order valence-corrected chi connectivity index (χ4v) is 2.30. The molecule has 0 aromatic carbocycles. The first-order valence-electron chi connectivity index (χ1n) is 5.66. The smallest absolute Gasteiger partial charge is 0.330 e. The first-order valence-corrected chi connectivity index (χ1v) is 6.61. The largest absolute Gasteiger partial charge is 0.393 e. The molecule has 7 heteroatoms. The number of ether oxygens (including phenoxy) is 1. The van der Waals surface area contributed by atoms with Gasteiger partial charge >= 0.3 is 5.69 Å². The second-order valence-electron chi connectivity index (χ2n) is 4.06. The van der Waals surface area contributed by atoms with Crippen LogP contribution in [-0.2, 0) is 11.5 Å². The number of rotatable bonds is 5. The third-order valence-corrected chi connectivity index (χ3v) is 3.39. The van der Waals surface area contributed by atoms with E-state index in [-0.39, 0.29) is 13.3 Å². The molecule has 0 aliphatic carbocycles. The van der Waals surface area contributed by atoms with Crippen LogP contribution in [0.1, 0.15) is 17.2 Å². The van der Waals surface area contributed by atoms with Gasteiger partial charge in [0, 0.05) is 11.8 Å². The Morgan fingerprint density at radius 1 is 1.53 bits per heavy atom. The van der Waals surface area contributed by atoms with Gasteiger partial charge in [-0.15, -0.1) is 0 Å². The van der Waals surface area contributed by atoms with Gasteiger partial charge < -0.3 is 9.84 Å². The highest BCUT2D eigenvalue weighted by molar-refractivity contribution is 7.07. The van der Waals surface area contributed by atoms with Crippen molar-refractivity contribution in [1.29, 1.82) is 0 Å². The molecule has 0 aliphatic rings. The zero-order valence-corrected chi connectivity index (χ0v) is 11.1. The number of nitrogens with zero attached hydrogens (tertiary/aromatic N) is 1. The monoisotopic (exact) mass is 282 g/mol. The van der Waals surface area contributed by atoms with E-state index in [1.807, 2.05) is 16.8 Å². The Morgan fingerprint density at radius 3 is 2.95 bits per heavy atom. The summed E-state index contributed by atoms with van der Waals surface area (Å²) in [5.41, 5.74) is 0.358. The molecule has 2 aromatic rings. The van der Waals surface area contributed by atoms with E-state index in [1.165, 1.54) is 22.1 Å². The number of aryl methyl sites for hydroxylation is 1. The van der Waals surface area contributed by atoms with E-state index in [1.54, 1.807) is 6.92 Å². The molecule has 1 atom stereocenters. The van der Waals surface area contributed by atoms with Crippen molar-refractivity contribution in [2.24, 2.45) is 0 Å². The van der Waals surface area contributed by atoms with Gasteiger partial charge in [0.1, 0.15) is 12.8 Å². The second-order valence-corrected chi connectivity index (χ2v) is 4.84. The van der Waals surface area contributed by atoms with Crippen molar-refractivity contribution < 1.29 is 9.84 Å². The molecule has 102 valence electrons. The fourth-order valence-electron chi connectivity index (χ4n) is 1.60. The number of aliphatic hydroxyl groups is 1. The van der Waals surface area contributed by atoms with Gasteiger partial charge in [0.15, 0.2) is 0 Å². The summed E-state index contributed by atoms with van der Waals surface area (Å²) >= 11 is 1.51. The topological polar surface area (TPSA) is 84.3 Å². The Bertz CT molecular complexity index is 644. The number of H-pyrrole nitrogens is 1. The molecular weight excluding hydrogens is 268 g/mol. The minimum atomic E-state index is -0.530.